The minimum atomic E-state index is -3.63. The summed E-state index contributed by atoms with van der Waals surface area (Å²) >= 11 is 0. The first-order valence-corrected chi connectivity index (χ1v) is 7.91. The van der Waals surface area contributed by atoms with Gasteiger partial charge in [0, 0.05) is 11.7 Å². The lowest BCUT2D eigenvalue weighted by molar-refractivity contribution is 0.585. The van der Waals surface area contributed by atoms with E-state index in [4.69, 9.17) is 5.14 Å². The zero-order chi connectivity index (χ0) is 13.6. The second-order valence-corrected chi connectivity index (χ2v) is 6.05. The van der Waals surface area contributed by atoms with Crippen molar-refractivity contribution in [2.24, 2.45) is 5.14 Å². The number of anilines is 1. The van der Waals surface area contributed by atoms with Crippen molar-refractivity contribution in [3.8, 4) is 0 Å². The van der Waals surface area contributed by atoms with Gasteiger partial charge in [-0.05, 0) is 31.0 Å². The van der Waals surface area contributed by atoms with Gasteiger partial charge >= 0.3 is 0 Å². The molecule has 102 valence electrons. The number of sulfonamides is 1. The zero-order valence-electron chi connectivity index (χ0n) is 11.0. The van der Waals surface area contributed by atoms with Gasteiger partial charge < -0.3 is 5.32 Å². The second-order valence-electron chi connectivity index (χ2n) is 4.49. The van der Waals surface area contributed by atoms with Crippen LogP contribution < -0.4 is 10.5 Å². The average molecular weight is 270 g/mol. The Morgan fingerprint density at radius 2 is 1.83 bits per heavy atom. The normalized spacial score (nSPS) is 11.8. The fourth-order valence-corrected chi connectivity index (χ4v) is 2.54. The lowest BCUT2D eigenvalue weighted by Crippen LogP contribution is -2.19. The molecule has 4 nitrogen and oxygen atoms in total. The minimum absolute atomic E-state index is 0.152. The second kappa shape index (κ2) is 6.75. The van der Waals surface area contributed by atoms with E-state index in [1.54, 1.807) is 12.1 Å². The van der Waals surface area contributed by atoms with E-state index in [1.807, 2.05) is 6.07 Å². The Balaban J connectivity index is 2.83. The van der Waals surface area contributed by atoms with E-state index in [0.29, 0.717) is 6.04 Å². The van der Waals surface area contributed by atoms with E-state index in [1.165, 1.54) is 6.07 Å². The van der Waals surface area contributed by atoms with E-state index in [2.05, 4.69) is 19.2 Å². The van der Waals surface area contributed by atoms with Gasteiger partial charge in [0.1, 0.15) is 0 Å². The lowest BCUT2D eigenvalue weighted by atomic mass is 10.1. The molecule has 0 atom stereocenters. The van der Waals surface area contributed by atoms with Crippen molar-refractivity contribution in [1.29, 1.82) is 0 Å². The molecule has 0 aliphatic carbocycles. The van der Waals surface area contributed by atoms with Crippen molar-refractivity contribution in [2.45, 2.75) is 50.5 Å². The van der Waals surface area contributed by atoms with Gasteiger partial charge in [0.25, 0.3) is 0 Å². The standard InChI is InChI=1S/C13H22N2O2S/c1-3-6-11(7-4-2)15-12-8-5-9-13(10-12)18(14,16)17/h5,8-11,15H,3-4,6-7H2,1-2H3,(H2,14,16,17). The van der Waals surface area contributed by atoms with E-state index in [-0.39, 0.29) is 4.90 Å². The Morgan fingerprint density at radius 3 is 2.33 bits per heavy atom. The van der Waals surface area contributed by atoms with Crippen LogP contribution in [0.4, 0.5) is 5.69 Å². The SMILES string of the molecule is CCCC(CCC)Nc1cccc(S(N)(=O)=O)c1. The molecule has 5 heteroatoms. The Morgan fingerprint density at radius 1 is 1.22 bits per heavy atom. The highest BCUT2D eigenvalue weighted by atomic mass is 32.2. The lowest BCUT2D eigenvalue weighted by Gasteiger charge is -2.19. The van der Waals surface area contributed by atoms with E-state index >= 15 is 0 Å². The van der Waals surface area contributed by atoms with Crippen LogP contribution in [-0.2, 0) is 10.0 Å². The van der Waals surface area contributed by atoms with Crippen LogP contribution >= 0.6 is 0 Å². The number of benzene rings is 1. The summed E-state index contributed by atoms with van der Waals surface area (Å²) in [6.07, 6.45) is 4.36. The van der Waals surface area contributed by atoms with Crippen molar-refractivity contribution in [3.05, 3.63) is 24.3 Å². The number of hydrogen-bond acceptors (Lipinski definition) is 3. The smallest absolute Gasteiger partial charge is 0.238 e. The van der Waals surface area contributed by atoms with Gasteiger partial charge in [-0.3, -0.25) is 0 Å². The number of hydrogen-bond donors (Lipinski definition) is 2. The van der Waals surface area contributed by atoms with Crippen LogP contribution in [0.15, 0.2) is 29.2 Å². The van der Waals surface area contributed by atoms with E-state index in [0.717, 1.165) is 31.4 Å². The molecule has 0 saturated carbocycles. The summed E-state index contributed by atoms with van der Waals surface area (Å²) in [6, 6.07) is 7.06. The molecule has 0 heterocycles. The molecule has 1 rings (SSSR count). The van der Waals surface area contributed by atoms with Gasteiger partial charge in [-0.2, -0.15) is 0 Å². The van der Waals surface area contributed by atoms with Crippen molar-refractivity contribution in [1.82, 2.24) is 0 Å². The van der Waals surface area contributed by atoms with Crippen LogP contribution in [0.2, 0.25) is 0 Å². The number of primary sulfonamides is 1. The minimum Gasteiger partial charge on any atom is -0.382 e. The summed E-state index contributed by atoms with van der Waals surface area (Å²) in [5.41, 5.74) is 0.813. The van der Waals surface area contributed by atoms with Gasteiger partial charge in [-0.1, -0.05) is 32.8 Å². The molecule has 1 aromatic rings. The topological polar surface area (TPSA) is 72.2 Å². The molecule has 0 aromatic heterocycles. The number of rotatable bonds is 7. The summed E-state index contributed by atoms with van der Waals surface area (Å²) in [4.78, 5) is 0.152. The monoisotopic (exact) mass is 270 g/mol. The van der Waals surface area contributed by atoms with Crippen molar-refractivity contribution < 1.29 is 8.42 Å². The summed E-state index contributed by atoms with van der Waals surface area (Å²) in [5, 5.41) is 8.49. The molecule has 0 aliphatic rings. The van der Waals surface area contributed by atoms with Crippen molar-refractivity contribution in [3.63, 3.8) is 0 Å². The van der Waals surface area contributed by atoms with Gasteiger partial charge in [0.2, 0.25) is 10.0 Å². The van der Waals surface area contributed by atoms with Crippen molar-refractivity contribution >= 4 is 15.7 Å². The van der Waals surface area contributed by atoms with E-state index in [9.17, 15) is 8.42 Å². The fraction of sp³-hybridized carbons (Fsp3) is 0.538. The Kier molecular flexibility index (Phi) is 5.62. The van der Waals surface area contributed by atoms with Crippen molar-refractivity contribution in [2.75, 3.05) is 5.32 Å². The number of nitrogens with one attached hydrogen (secondary N) is 1. The van der Waals surface area contributed by atoms with Crippen LogP contribution in [0.1, 0.15) is 39.5 Å². The predicted molar refractivity (Wildman–Crippen MR) is 75.0 cm³/mol. The van der Waals surface area contributed by atoms with Crippen LogP contribution in [0.25, 0.3) is 0 Å². The average Bonchev–Trinajstić information content (AvgIpc) is 2.29. The maximum Gasteiger partial charge on any atom is 0.238 e. The Labute approximate surface area is 110 Å². The highest BCUT2D eigenvalue weighted by Gasteiger charge is 2.10. The Hall–Kier alpha value is -1.07. The molecular weight excluding hydrogens is 248 g/mol. The maximum absolute atomic E-state index is 11.3. The van der Waals surface area contributed by atoms with Crippen LogP contribution in [-0.4, -0.2) is 14.5 Å². The molecule has 0 amide bonds. The molecule has 0 bridgehead atoms. The quantitative estimate of drug-likeness (QED) is 0.800. The first-order valence-electron chi connectivity index (χ1n) is 6.36. The molecule has 0 saturated heterocycles. The number of nitrogens with two attached hydrogens (primary N) is 1. The fourth-order valence-electron chi connectivity index (χ4n) is 1.98. The summed E-state index contributed by atoms with van der Waals surface area (Å²) in [6.45, 7) is 4.29. The summed E-state index contributed by atoms with van der Waals surface area (Å²) in [5.74, 6) is 0. The zero-order valence-corrected chi connectivity index (χ0v) is 11.8. The summed E-state index contributed by atoms with van der Waals surface area (Å²) in [7, 11) is -3.63. The molecule has 0 unspecified atom stereocenters. The molecule has 0 radical (unpaired) electrons. The van der Waals surface area contributed by atoms with Gasteiger partial charge in [0.15, 0.2) is 0 Å². The third-order valence-corrected chi connectivity index (χ3v) is 3.72. The van der Waals surface area contributed by atoms with E-state index < -0.39 is 10.0 Å². The first-order chi connectivity index (χ1) is 8.47. The maximum atomic E-state index is 11.3. The molecule has 18 heavy (non-hydrogen) atoms. The molecule has 1 aromatic carbocycles. The predicted octanol–water partition coefficient (Wildman–Crippen LogP) is 2.71. The van der Waals surface area contributed by atoms with Crippen LogP contribution in [0.3, 0.4) is 0 Å². The van der Waals surface area contributed by atoms with Crippen LogP contribution in [0, 0.1) is 0 Å². The molecular formula is C13H22N2O2S. The van der Waals surface area contributed by atoms with Gasteiger partial charge in [0.05, 0.1) is 4.90 Å². The largest absolute Gasteiger partial charge is 0.382 e. The van der Waals surface area contributed by atoms with Crippen LogP contribution in [0.5, 0.6) is 0 Å². The third kappa shape index (κ3) is 4.66. The Bertz CT molecular complexity index is 466. The van der Waals surface area contributed by atoms with Gasteiger partial charge in [-0.25, -0.2) is 13.6 Å². The summed E-state index contributed by atoms with van der Waals surface area (Å²) < 4.78 is 22.5. The highest BCUT2D eigenvalue weighted by Crippen LogP contribution is 2.17. The third-order valence-electron chi connectivity index (χ3n) is 2.81. The molecule has 0 aliphatic heterocycles. The molecule has 0 fully saturated rings. The highest BCUT2D eigenvalue weighted by molar-refractivity contribution is 7.89. The molecule has 0 spiro atoms. The van der Waals surface area contributed by atoms with Gasteiger partial charge in [-0.15, -0.1) is 0 Å². The first kappa shape index (κ1) is 15.0. The molecule has 3 N–H and O–H groups in total.